The van der Waals surface area contributed by atoms with Crippen LogP contribution in [0, 0.1) is 0 Å². The van der Waals surface area contributed by atoms with Crippen molar-refractivity contribution < 1.29 is 26.3 Å². The maximum atomic E-state index is 13.2. The Balaban J connectivity index is 1.70. The molecule has 0 aromatic carbocycles. The lowest BCUT2D eigenvalue weighted by molar-refractivity contribution is -0.0470. The van der Waals surface area contributed by atoms with E-state index < -0.39 is 26.5 Å². The topological polar surface area (TPSA) is 99.7 Å². The highest BCUT2D eigenvalue weighted by molar-refractivity contribution is 7.87. The maximum absolute atomic E-state index is 13.2. The summed E-state index contributed by atoms with van der Waals surface area (Å²) in [5.41, 5.74) is 0. The van der Waals surface area contributed by atoms with Gasteiger partial charge in [0.05, 0.1) is 24.4 Å². The van der Waals surface area contributed by atoms with Crippen molar-refractivity contribution in [2.45, 2.75) is 65.1 Å². The lowest BCUT2D eigenvalue weighted by Crippen LogP contribution is -2.62. The van der Waals surface area contributed by atoms with Crippen LogP contribution in [-0.4, -0.2) is 110 Å². The van der Waals surface area contributed by atoms with Crippen molar-refractivity contribution in [1.82, 2.24) is 17.2 Å². The van der Waals surface area contributed by atoms with Gasteiger partial charge in [-0.1, -0.05) is 0 Å². The molecule has 0 bridgehead atoms. The first-order valence-electron chi connectivity index (χ1n) is 10.2. The van der Waals surface area contributed by atoms with Gasteiger partial charge in [-0.05, 0) is 34.6 Å². The molecule has 0 amide bonds. The number of morpholine rings is 2. The molecule has 29 heavy (non-hydrogen) atoms. The normalized spacial score (nSPS) is 37.6. The zero-order chi connectivity index (χ0) is 21.6. The molecule has 0 aromatic rings. The molecular formula is C17H34N4O6S2. The lowest BCUT2D eigenvalue weighted by Gasteiger charge is -2.44. The predicted molar refractivity (Wildman–Crippen MR) is 109 cm³/mol. The Hall–Kier alpha value is -0.340. The number of nitrogens with zero attached hydrogens (tertiary/aromatic N) is 4. The summed E-state index contributed by atoms with van der Waals surface area (Å²) in [4.78, 5) is 0. The summed E-state index contributed by atoms with van der Waals surface area (Å²) in [6, 6.07) is -0.451. The fourth-order valence-electron chi connectivity index (χ4n) is 4.41. The maximum Gasteiger partial charge on any atom is 0.282 e. The van der Waals surface area contributed by atoms with Gasteiger partial charge in [0.15, 0.2) is 0 Å². The van der Waals surface area contributed by atoms with Gasteiger partial charge in [-0.25, -0.2) is 0 Å². The third kappa shape index (κ3) is 4.95. The summed E-state index contributed by atoms with van der Waals surface area (Å²) in [6.45, 7) is 10.8. The molecular weight excluding hydrogens is 420 g/mol. The van der Waals surface area contributed by atoms with E-state index in [4.69, 9.17) is 9.47 Å². The van der Waals surface area contributed by atoms with Crippen molar-refractivity contribution in [2.75, 3.05) is 45.8 Å². The summed E-state index contributed by atoms with van der Waals surface area (Å²) < 4.78 is 69.6. The Kier molecular flexibility index (Phi) is 6.96. The number of hydrogen-bond acceptors (Lipinski definition) is 6. The van der Waals surface area contributed by atoms with E-state index in [1.54, 1.807) is 6.92 Å². The molecule has 0 aliphatic carbocycles. The van der Waals surface area contributed by atoms with Crippen molar-refractivity contribution in [3.8, 4) is 0 Å². The van der Waals surface area contributed by atoms with E-state index in [1.165, 1.54) is 17.2 Å². The fourth-order valence-corrected chi connectivity index (χ4v) is 8.18. The third-order valence-electron chi connectivity index (χ3n) is 5.58. The molecule has 3 rings (SSSR count). The SMILES string of the molecule is C[C@@H]1CN(S(=O)(=O)N2CCN(S(=O)(=O)N3C[C@@H](C)O[C@@H](C)C3)[C@H](C)C2)C[C@@H](C)O1. The summed E-state index contributed by atoms with van der Waals surface area (Å²) in [6.07, 6.45) is -0.678. The fraction of sp³-hybridized carbons (Fsp3) is 1.00. The van der Waals surface area contributed by atoms with Gasteiger partial charge in [0.2, 0.25) is 0 Å². The third-order valence-corrected chi connectivity index (χ3v) is 9.60. The second-order valence-corrected chi connectivity index (χ2v) is 12.3. The summed E-state index contributed by atoms with van der Waals surface area (Å²) in [5.74, 6) is 0. The highest BCUT2D eigenvalue weighted by atomic mass is 32.2. The second-order valence-electron chi connectivity index (χ2n) is 8.48. The van der Waals surface area contributed by atoms with Crippen molar-refractivity contribution in [1.29, 1.82) is 0 Å². The highest BCUT2D eigenvalue weighted by Gasteiger charge is 2.43. The molecule has 0 saturated carbocycles. The Morgan fingerprint density at radius 2 is 1.00 bits per heavy atom. The first-order chi connectivity index (χ1) is 13.4. The van der Waals surface area contributed by atoms with Gasteiger partial charge in [-0.2, -0.15) is 34.1 Å². The molecule has 0 aromatic heterocycles. The molecule has 5 atom stereocenters. The number of rotatable bonds is 4. The van der Waals surface area contributed by atoms with Crippen LogP contribution in [0.1, 0.15) is 34.6 Å². The van der Waals surface area contributed by atoms with E-state index in [0.29, 0.717) is 26.2 Å². The smallest absolute Gasteiger partial charge is 0.282 e. The number of piperazine rings is 1. The Morgan fingerprint density at radius 3 is 1.41 bits per heavy atom. The van der Waals surface area contributed by atoms with Crippen LogP contribution in [0.25, 0.3) is 0 Å². The van der Waals surface area contributed by atoms with Crippen LogP contribution in [0.15, 0.2) is 0 Å². The van der Waals surface area contributed by atoms with Crippen LogP contribution in [-0.2, 0) is 29.9 Å². The zero-order valence-electron chi connectivity index (χ0n) is 17.9. The van der Waals surface area contributed by atoms with Crippen LogP contribution in [0.5, 0.6) is 0 Å². The van der Waals surface area contributed by atoms with Crippen LogP contribution in [0.4, 0.5) is 0 Å². The number of hydrogen-bond donors (Lipinski definition) is 0. The van der Waals surface area contributed by atoms with Gasteiger partial charge >= 0.3 is 0 Å². The van der Waals surface area contributed by atoms with Gasteiger partial charge in [0.25, 0.3) is 20.4 Å². The molecule has 10 nitrogen and oxygen atoms in total. The quantitative estimate of drug-likeness (QED) is 0.578. The minimum absolute atomic E-state index is 0.136. The number of ether oxygens (including phenoxy) is 2. The van der Waals surface area contributed by atoms with Crippen LogP contribution in [0.2, 0.25) is 0 Å². The Labute approximate surface area is 175 Å². The standard InChI is InChI=1S/C17H34N4O6S2/c1-13-8-18(28(22,23)19-9-14(2)26-15(3)10-19)6-7-21(13)29(24,25)20-11-16(4)27-17(5)12-20/h13-17H,6-12H2,1-5H3/t13-,14-,15-,16-,17+/m1/s1. The van der Waals surface area contributed by atoms with E-state index in [9.17, 15) is 16.8 Å². The second kappa shape index (κ2) is 8.65. The predicted octanol–water partition coefficient (Wildman–Crippen LogP) is -0.299. The van der Waals surface area contributed by atoms with Crippen molar-refractivity contribution in [3.05, 3.63) is 0 Å². The minimum Gasteiger partial charge on any atom is -0.373 e. The highest BCUT2D eigenvalue weighted by Crippen LogP contribution is 2.25. The van der Waals surface area contributed by atoms with Gasteiger partial charge < -0.3 is 9.47 Å². The summed E-state index contributed by atoms with van der Waals surface area (Å²) in [7, 11) is -7.34. The Bertz CT molecular complexity index is 772. The molecule has 3 fully saturated rings. The van der Waals surface area contributed by atoms with Crippen LogP contribution in [0.3, 0.4) is 0 Å². The first-order valence-corrected chi connectivity index (χ1v) is 13.0. The van der Waals surface area contributed by atoms with Crippen molar-refractivity contribution in [2.24, 2.45) is 0 Å². The summed E-state index contributed by atoms with van der Waals surface area (Å²) in [5, 5.41) is 0. The monoisotopic (exact) mass is 454 g/mol. The van der Waals surface area contributed by atoms with Gasteiger partial charge in [-0.3, -0.25) is 0 Å². The first kappa shape index (κ1) is 23.3. The van der Waals surface area contributed by atoms with Crippen LogP contribution >= 0.6 is 0 Å². The van der Waals surface area contributed by atoms with Crippen LogP contribution < -0.4 is 0 Å². The van der Waals surface area contributed by atoms with Gasteiger partial charge in [-0.15, -0.1) is 0 Å². The zero-order valence-corrected chi connectivity index (χ0v) is 19.5. The van der Waals surface area contributed by atoms with E-state index in [1.807, 2.05) is 27.7 Å². The average molecular weight is 455 g/mol. The van der Waals surface area contributed by atoms with Crippen molar-refractivity contribution in [3.63, 3.8) is 0 Å². The largest absolute Gasteiger partial charge is 0.373 e. The molecule has 0 spiro atoms. The molecule has 3 aliphatic heterocycles. The lowest BCUT2D eigenvalue weighted by atomic mass is 10.3. The van der Waals surface area contributed by atoms with E-state index >= 15 is 0 Å². The van der Waals surface area contributed by atoms with Gasteiger partial charge in [0, 0.05) is 51.9 Å². The van der Waals surface area contributed by atoms with Gasteiger partial charge in [0.1, 0.15) is 0 Å². The minimum atomic E-state index is -3.68. The molecule has 0 N–H and O–H groups in total. The van der Waals surface area contributed by atoms with E-state index in [2.05, 4.69) is 0 Å². The molecule has 3 heterocycles. The molecule has 0 unspecified atom stereocenters. The molecule has 170 valence electrons. The average Bonchev–Trinajstić information content (AvgIpc) is 2.59. The van der Waals surface area contributed by atoms with E-state index in [-0.39, 0.29) is 44.1 Å². The Morgan fingerprint density at radius 1 is 0.586 bits per heavy atom. The summed E-state index contributed by atoms with van der Waals surface area (Å²) >= 11 is 0. The molecule has 0 radical (unpaired) electrons. The molecule has 3 saturated heterocycles. The van der Waals surface area contributed by atoms with E-state index in [0.717, 1.165) is 0 Å². The van der Waals surface area contributed by atoms with Crippen molar-refractivity contribution >= 4 is 20.4 Å². The molecule has 12 heteroatoms. The molecule has 3 aliphatic rings.